The van der Waals surface area contributed by atoms with Gasteiger partial charge in [-0.05, 0) is 87.2 Å². The van der Waals surface area contributed by atoms with Crippen LogP contribution in [0.15, 0.2) is 65.6 Å². The highest BCUT2D eigenvalue weighted by Crippen LogP contribution is 2.28. The summed E-state index contributed by atoms with van der Waals surface area (Å²) < 4.78 is 29.1. The molecular formula is C31H37Cl2N3O4S. The Hall–Kier alpha value is -3.07. The van der Waals surface area contributed by atoms with Crippen molar-refractivity contribution in [1.82, 2.24) is 10.2 Å². The summed E-state index contributed by atoms with van der Waals surface area (Å²) in [6.45, 7) is 9.19. The molecular weight excluding hydrogens is 581 g/mol. The number of anilines is 1. The van der Waals surface area contributed by atoms with Crippen molar-refractivity contribution in [3.8, 4) is 0 Å². The van der Waals surface area contributed by atoms with E-state index in [0.29, 0.717) is 27.8 Å². The number of rotatable bonds is 12. The zero-order chi connectivity index (χ0) is 30.3. The minimum absolute atomic E-state index is 0.0114. The molecule has 3 rings (SSSR count). The lowest BCUT2D eigenvalue weighted by molar-refractivity contribution is -0.139. The Morgan fingerprint density at radius 3 is 2.12 bits per heavy atom. The van der Waals surface area contributed by atoms with Gasteiger partial charge in [-0.1, -0.05) is 66.4 Å². The Morgan fingerprint density at radius 2 is 1.54 bits per heavy atom. The number of benzene rings is 3. The number of amides is 2. The minimum Gasteiger partial charge on any atom is -0.354 e. The largest absolute Gasteiger partial charge is 0.354 e. The zero-order valence-corrected chi connectivity index (χ0v) is 26.4. The fraction of sp³-hybridized carbons (Fsp3) is 0.355. The van der Waals surface area contributed by atoms with Crippen molar-refractivity contribution in [2.75, 3.05) is 17.4 Å². The summed E-state index contributed by atoms with van der Waals surface area (Å²) in [4.78, 5) is 28.6. The molecule has 10 heteroatoms. The Balaban J connectivity index is 2.06. The van der Waals surface area contributed by atoms with Crippen molar-refractivity contribution >= 4 is 50.7 Å². The van der Waals surface area contributed by atoms with E-state index >= 15 is 0 Å². The van der Waals surface area contributed by atoms with E-state index in [0.717, 1.165) is 33.8 Å². The maximum atomic E-state index is 14.1. The van der Waals surface area contributed by atoms with Gasteiger partial charge >= 0.3 is 0 Å². The molecule has 7 nitrogen and oxygen atoms in total. The molecule has 1 N–H and O–H groups in total. The van der Waals surface area contributed by atoms with Gasteiger partial charge in [0.1, 0.15) is 12.6 Å². The highest BCUT2D eigenvalue weighted by atomic mass is 35.5. The Morgan fingerprint density at radius 1 is 0.902 bits per heavy atom. The van der Waals surface area contributed by atoms with Gasteiger partial charge in [-0.3, -0.25) is 13.9 Å². The summed E-state index contributed by atoms with van der Waals surface area (Å²) in [7, 11) is -4.14. The fourth-order valence-electron chi connectivity index (χ4n) is 4.41. The fourth-order valence-corrected chi connectivity index (χ4v) is 6.28. The first-order valence-corrected chi connectivity index (χ1v) is 15.7. The average molecular weight is 619 g/mol. The first-order valence-electron chi connectivity index (χ1n) is 13.5. The first-order chi connectivity index (χ1) is 19.3. The molecule has 1 atom stereocenters. The normalized spacial score (nSPS) is 12.1. The second-order valence-electron chi connectivity index (χ2n) is 10.2. The van der Waals surface area contributed by atoms with Crippen molar-refractivity contribution in [3.63, 3.8) is 0 Å². The molecule has 0 aromatic heterocycles. The average Bonchev–Trinajstić information content (AvgIpc) is 2.90. The van der Waals surface area contributed by atoms with Crippen LogP contribution in [-0.2, 0) is 26.2 Å². The lowest BCUT2D eigenvalue weighted by Gasteiger charge is -2.32. The Kier molecular flexibility index (Phi) is 11.2. The summed E-state index contributed by atoms with van der Waals surface area (Å²) >= 11 is 12.5. The number of nitrogens with one attached hydrogen (secondary N) is 1. The lowest BCUT2D eigenvalue weighted by Crippen LogP contribution is -2.51. The van der Waals surface area contributed by atoms with Gasteiger partial charge in [0, 0.05) is 23.1 Å². The van der Waals surface area contributed by atoms with Crippen molar-refractivity contribution in [1.29, 1.82) is 0 Å². The van der Waals surface area contributed by atoms with E-state index in [1.165, 1.54) is 17.0 Å². The number of hydrogen-bond acceptors (Lipinski definition) is 4. The van der Waals surface area contributed by atoms with Crippen LogP contribution in [0.25, 0.3) is 0 Å². The third-order valence-corrected chi connectivity index (χ3v) is 9.11. The summed E-state index contributed by atoms with van der Waals surface area (Å²) in [6.07, 6.45) is 1.70. The van der Waals surface area contributed by atoms with E-state index in [-0.39, 0.29) is 17.3 Å². The summed E-state index contributed by atoms with van der Waals surface area (Å²) in [5.41, 5.74) is 3.56. The summed E-state index contributed by atoms with van der Waals surface area (Å²) in [6, 6.07) is 15.9. The van der Waals surface area contributed by atoms with Crippen LogP contribution in [0.5, 0.6) is 0 Å². The zero-order valence-electron chi connectivity index (χ0n) is 24.1. The van der Waals surface area contributed by atoms with Crippen LogP contribution < -0.4 is 9.62 Å². The van der Waals surface area contributed by atoms with E-state index in [4.69, 9.17) is 23.2 Å². The van der Waals surface area contributed by atoms with E-state index < -0.39 is 28.5 Å². The van der Waals surface area contributed by atoms with Crippen molar-refractivity contribution in [2.24, 2.45) is 0 Å². The van der Waals surface area contributed by atoms with Gasteiger partial charge in [-0.15, -0.1) is 0 Å². The molecule has 0 bridgehead atoms. The van der Waals surface area contributed by atoms with Gasteiger partial charge < -0.3 is 10.2 Å². The lowest BCUT2D eigenvalue weighted by atomic mass is 10.1. The number of aryl methyl sites for hydroxylation is 3. The van der Waals surface area contributed by atoms with Gasteiger partial charge in [0.05, 0.1) is 10.6 Å². The molecule has 0 radical (unpaired) electrons. The van der Waals surface area contributed by atoms with Gasteiger partial charge in [-0.25, -0.2) is 8.42 Å². The molecule has 3 aromatic carbocycles. The van der Waals surface area contributed by atoms with Gasteiger partial charge in [0.2, 0.25) is 11.8 Å². The quantitative estimate of drug-likeness (QED) is 0.237. The van der Waals surface area contributed by atoms with Crippen molar-refractivity contribution in [3.05, 3.63) is 93.0 Å². The molecule has 0 spiro atoms. The number of sulfonamides is 1. The standard InChI is InChI=1S/C31H37Cl2N3O4S/c1-6-7-14-34-31(38)24(5)35(19-25-10-11-26(32)18-29(25)33)30(37)20-36(27-16-22(3)15-23(4)17-27)41(39,40)28-12-8-21(2)9-13-28/h8-13,15-18,24H,6-7,14,19-20H2,1-5H3,(H,34,38)/t24-/m1/s1. The molecule has 0 unspecified atom stereocenters. The SMILES string of the molecule is CCCCNC(=O)[C@@H](C)N(Cc1ccc(Cl)cc1Cl)C(=O)CN(c1cc(C)cc(C)c1)S(=O)(=O)c1ccc(C)cc1. The number of carbonyl (C=O) groups is 2. The minimum atomic E-state index is -4.14. The maximum absolute atomic E-state index is 14.1. The Labute approximate surface area is 253 Å². The molecule has 0 aliphatic rings. The monoisotopic (exact) mass is 617 g/mol. The Bertz CT molecular complexity index is 1470. The van der Waals surface area contributed by atoms with Crippen LogP contribution >= 0.6 is 23.2 Å². The predicted molar refractivity (Wildman–Crippen MR) is 166 cm³/mol. The third kappa shape index (κ3) is 8.47. The number of carbonyl (C=O) groups excluding carboxylic acids is 2. The molecule has 0 aliphatic carbocycles. The van der Waals surface area contributed by atoms with Crippen LogP contribution in [0.2, 0.25) is 10.0 Å². The van der Waals surface area contributed by atoms with E-state index in [1.807, 2.05) is 33.8 Å². The molecule has 0 heterocycles. The summed E-state index contributed by atoms with van der Waals surface area (Å²) in [5, 5.41) is 3.65. The third-order valence-electron chi connectivity index (χ3n) is 6.73. The van der Waals surface area contributed by atoms with Crippen LogP contribution in [0.4, 0.5) is 5.69 Å². The highest BCUT2D eigenvalue weighted by Gasteiger charge is 2.33. The van der Waals surface area contributed by atoms with Gasteiger partial charge in [0.15, 0.2) is 0 Å². The van der Waals surface area contributed by atoms with Crippen LogP contribution in [0.1, 0.15) is 48.9 Å². The van der Waals surface area contributed by atoms with Crippen LogP contribution in [0, 0.1) is 20.8 Å². The second-order valence-corrected chi connectivity index (χ2v) is 13.0. The molecule has 0 saturated heterocycles. The van der Waals surface area contributed by atoms with E-state index in [2.05, 4.69) is 5.32 Å². The number of nitrogens with zero attached hydrogens (tertiary/aromatic N) is 2. The topological polar surface area (TPSA) is 86.8 Å². The molecule has 0 saturated carbocycles. The van der Waals surface area contributed by atoms with Crippen molar-refractivity contribution in [2.45, 2.75) is 64.9 Å². The van der Waals surface area contributed by atoms with Gasteiger partial charge in [0.25, 0.3) is 10.0 Å². The summed E-state index contributed by atoms with van der Waals surface area (Å²) in [5.74, 6) is -0.889. The van der Waals surface area contributed by atoms with E-state index in [1.54, 1.807) is 49.4 Å². The molecule has 0 aliphatic heterocycles. The molecule has 220 valence electrons. The predicted octanol–water partition coefficient (Wildman–Crippen LogP) is 6.45. The maximum Gasteiger partial charge on any atom is 0.264 e. The molecule has 3 aromatic rings. The number of unbranched alkanes of at least 4 members (excludes halogenated alkanes) is 1. The second kappa shape index (κ2) is 14.2. The molecule has 41 heavy (non-hydrogen) atoms. The molecule has 0 fully saturated rings. The van der Waals surface area contributed by atoms with Gasteiger partial charge in [-0.2, -0.15) is 0 Å². The van der Waals surface area contributed by atoms with Crippen LogP contribution in [0.3, 0.4) is 0 Å². The first kappa shape index (κ1) is 32.4. The van der Waals surface area contributed by atoms with E-state index in [9.17, 15) is 18.0 Å². The number of halogens is 2. The van der Waals surface area contributed by atoms with Crippen molar-refractivity contribution < 1.29 is 18.0 Å². The molecule has 2 amide bonds. The van der Waals surface area contributed by atoms with Crippen LogP contribution in [-0.4, -0.2) is 44.3 Å². The highest BCUT2D eigenvalue weighted by molar-refractivity contribution is 7.92. The number of hydrogen-bond donors (Lipinski definition) is 1. The smallest absolute Gasteiger partial charge is 0.264 e.